The third-order valence-corrected chi connectivity index (χ3v) is 5.11. The molecule has 0 aliphatic carbocycles. The lowest BCUT2D eigenvalue weighted by Crippen LogP contribution is -2.45. The van der Waals surface area contributed by atoms with E-state index < -0.39 is 0 Å². The molecule has 1 fully saturated rings. The Morgan fingerprint density at radius 3 is 2.63 bits per heavy atom. The number of nitrogens with zero attached hydrogens (tertiary/aromatic N) is 2. The van der Waals surface area contributed by atoms with Crippen molar-refractivity contribution in [3.8, 4) is 5.75 Å². The number of hydrogen-bond donors (Lipinski definition) is 1. The second kappa shape index (κ2) is 9.31. The molecule has 0 unspecified atom stereocenters. The molecule has 0 radical (unpaired) electrons. The molecule has 0 spiro atoms. The molecule has 2 aromatic carbocycles. The van der Waals surface area contributed by atoms with Crippen LogP contribution in [0.2, 0.25) is 10.0 Å². The van der Waals surface area contributed by atoms with E-state index in [2.05, 4.69) is 28.2 Å². The summed E-state index contributed by atoms with van der Waals surface area (Å²) in [5.41, 5.74) is 2.26. The summed E-state index contributed by atoms with van der Waals surface area (Å²) in [5.74, 6) is 0.191. The van der Waals surface area contributed by atoms with E-state index in [-0.39, 0.29) is 12.5 Å². The molecule has 27 heavy (non-hydrogen) atoms. The number of carbonyl (C=O) groups is 1. The molecular weight excluding hydrogens is 385 g/mol. The highest BCUT2D eigenvalue weighted by Gasteiger charge is 2.17. The van der Waals surface area contributed by atoms with E-state index in [1.165, 1.54) is 5.69 Å². The fraction of sp³-hybridized carbons (Fsp3) is 0.350. The van der Waals surface area contributed by atoms with Crippen molar-refractivity contribution in [3.63, 3.8) is 0 Å². The zero-order valence-electron chi connectivity index (χ0n) is 15.3. The second-order valence-electron chi connectivity index (χ2n) is 6.56. The molecule has 1 saturated heterocycles. The lowest BCUT2D eigenvalue weighted by molar-refractivity contribution is -0.123. The Hall–Kier alpha value is -1.95. The normalized spacial score (nSPS) is 14.9. The van der Waals surface area contributed by atoms with E-state index in [0.717, 1.165) is 31.7 Å². The zero-order valence-corrected chi connectivity index (χ0v) is 16.8. The standard InChI is InChI=1S/C20H23Cl2N3O2/c1-24-8-10-25(11-9-24)18-5-3-2-4-15(18)13-23-20(26)14-27-19-12-16(21)6-7-17(19)22/h2-7,12H,8-11,13-14H2,1H3,(H,23,26). The Kier molecular flexibility index (Phi) is 6.83. The van der Waals surface area contributed by atoms with E-state index in [0.29, 0.717) is 22.3 Å². The van der Waals surface area contributed by atoms with Gasteiger partial charge in [-0.25, -0.2) is 0 Å². The van der Waals surface area contributed by atoms with Gasteiger partial charge in [0.1, 0.15) is 5.75 Å². The Morgan fingerprint density at radius 2 is 1.85 bits per heavy atom. The highest BCUT2D eigenvalue weighted by molar-refractivity contribution is 6.34. The third kappa shape index (κ3) is 5.51. The number of benzene rings is 2. The second-order valence-corrected chi connectivity index (χ2v) is 7.40. The molecule has 1 aliphatic rings. The van der Waals surface area contributed by atoms with Crippen LogP contribution in [0.4, 0.5) is 5.69 Å². The molecule has 7 heteroatoms. The molecule has 1 aliphatic heterocycles. The van der Waals surface area contributed by atoms with Crippen molar-refractivity contribution >= 4 is 34.8 Å². The van der Waals surface area contributed by atoms with Gasteiger partial charge in [0.15, 0.2) is 6.61 Å². The van der Waals surface area contributed by atoms with Gasteiger partial charge >= 0.3 is 0 Å². The smallest absolute Gasteiger partial charge is 0.258 e. The van der Waals surface area contributed by atoms with Crippen molar-refractivity contribution < 1.29 is 9.53 Å². The summed E-state index contributed by atoms with van der Waals surface area (Å²) in [5, 5.41) is 3.85. The van der Waals surface area contributed by atoms with E-state index >= 15 is 0 Å². The number of hydrogen-bond acceptors (Lipinski definition) is 4. The van der Waals surface area contributed by atoms with Crippen LogP contribution in [0.1, 0.15) is 5.56 Å². The van der Waals surface area contributed by atoms with Crippen molar-refractivity contribution in [3.05, 3.63) is 58.1 Å². The van der Waals surface area contributed by atoms with Crippen molar-refractivity contribution in [2.45, 2.75) is 6.54 Å². The number of halogens is 2. The number of nitrogens with one attached hydrogen (secondary N) is 1. The molecule has 0 bridgehead atoms. The minimum Gasteiger partial charge on any atom is -0.482 e. The SMILES string of the molecule is CN1CCN(c2ccccc2CNC(=O)COc2cc(Cl)ccc2Cl)CC1. The average Bonchev–Trinajstić information content (AvgIpc) is 2.68. The summed E-state index contributed by atoms with van der Waals surface area (Å²) in [6.07, 6.45) is 0. The molecule has 3 rings (SSSR count). The number of para-hydroxylation sites is 1. The number of carbonyl (C=O) groups excluding carboxylic acids is 1. The van der Waals surface area contributed by atoms with E-state index in [9.17, 15) is 4.79 Å². The number of piperazine rings is 1. The van der Waals surface area contributed by atoms with Gasteiger partial charge in [0.2, 0.25) is 0 Å². The Bertz CT molecular complexity index is 793. The minimum atomic E-state index is -0.209. The molecule has 2 aromatic rings. The summed E-state index contributed by atoms with van der Waals surface area (Å²) in [4.78, 5) is 16.9. The van der Waals surface area contributed by atoms with Gasteiger partial charge in [-0.05, 0) is 30.8 Å². The van der Waals surface area contributed by atoms with Gasteiger partial charge in [-0.1, -0.05) is 41.4 Å². The average molecular weight is 408 g/mol. The number of likely N-dealkylation sites (N-methyl/N-ethyl adjacent to an activating group) is 1. The first-order valence-corrected chi connectivity index (χ1v) is 9.64. The molecule has 1 heterocycles. The number of rotatable bonds is 6. The number of amides is 1. The molecule has 5 nitrogen and oxygen atoms in total. The molecule has 0 atom stereocenters. The van der Waals surface area contributed by atoms with E-state index in [1.807, 2.05) is 18.2 Å². The summed E-state index contributed by atoms with van der Waals surface area (Å²) in [6, 6.07) is 13.1. The first-order valence-electron chi connectivity index (χ1n) is 8.89. The quantitative estimate of drug-likeness (QED) is 0.796. The molecule has 0 aromatic heterocycles. The number of ether oxygens (including phenoxy) is 1. The van der Waals surface area contributed by atoms with Gasteiger partial charge in [-0.15, -0.1) is 0 Å². The molecule has 144 valence electrons. The summed E-state index contributed by atoms with van der Waals surface area (Å²) >= 11 is 12.0. The zero-order chi connectivity index (χ0) is 19.2. The first-order chi connectivity index (χ1) is 13.0. The van der Waals surface area contributed by atoms with Crippen LogP contribution in [0.3, 0.4) is 0 Å². The van der Waals surface area contributed by atoms with Gasteiger partial charge in [-0.2, -0.15) is 0 Å². The van der Waals surface area contributed by atoms with E-state index in [1.54, 1.807) is 18.2 Å². The summed E-state index contributed by atoms with van der Waals surface area (Å²) < 4.78 is 5.48. The fourth-order valence-corrected chi connectivity index (χ4v) is 3.33. The molecular formula is C20H23Cl2N3O2. The maximum absolute atomic E-state index is 12.2. The first kappa shape index (κ1) is 19.8. The highest BCUT2D eigenvalue weighted by Crippen LogP contribution is 2.27. The lowest BCUT2D eigenvalue weighted by atomic mass is 10.1. The van der Waals surface area contributed by atoms with Crippen molar-refractivity contribution in [2.24, 2.45) is 0 Å². The Morgan fingerprint density at radius 1 is 1.11 bits per heavy atom. The summed E-state index contributed by atoms with van der Waals surface area (Å²) in [6.45, 7) is 4.38. The van der Waals surface area contributed by atoms with E-state index in [4.69, 9.17) is 27.9 Å². The predicted molar refractivity (Wildman–Crippen MR) is 110 cm³/mol. The predicted octanol–water partition coefficient (Wildman–Crippen LogP) is 3.44. The lowest BCUT2D eigenvalue weighted by Gasteiger charge is -2.35. The van der Waals surface area contributed by atoms with Crippen LogP contribution < -0.4 is 15.0 Å². The Labute approximate surface area is 169 Å². The van der Waals surface area contributed by atoms with Crippen molar-refractivity contribution in [1.29, 1.82) is 0 Å². The van der Waals surface area contributed by atoms with Crippen LogP contribution in [0, 0.1) is 0 Å². The third-order valence-electron chi connectivity index (χ3n) is 4.56. The largest absolute Gasteiger partial charge is 0.482 e. The van der Waals surface area contributed by atoms with Crippen LogP contribution >= 0.6 is 23.2 Å². The van der Waals surface area contributed by atoms with Crippen LogP contribution in [0.5, 0.6) is 5.75 Å². The van der Waals surface area contributed by atoms with Gasteiger partial charge < -0.3 is 19.9 Å². The van der Waals surface area contributed by atoms with Crippen LogP contribution in [-0.2, 0) is 11.3 Å². The fourth-order valence-electron chi connectivity index (χ4n) is 2.99. The van der Waals surface area contributed by atoms with Gasteiger partial charge in [0.05, 0.1) is 5.02 Å². The summed E-state index contributed by atoms with van der Waals surface area (Å²) in [7, 11) is 2.13. The maximum atomic E-state index is 12.2. The highest BCUT2D eigenvalue weighted by atomic mass is 35.5. The topological polar surface area (TPSA) is 44.8 Å². The molecule has 0 saturated carbocycles. The Balaban J connectivity index is 1.55. The minimum absolute atomic E-state index is 0.114. The van der Waals surface area contributed by atoms with Gasteiger partial charge in [0, 0.05) is 49.5 Å². The monoisotopic (exact) mass is 407 g/mol. The molecule has 1 N–H and O–H groups in total. The van der Waals surface area contributed by atoms with Crippen LogP contribution in [-0.4, -0.2) is 50.6 Å². The molecule has 1 amide bonds. The maximum Gasteiger partial charge on any atom is 0.258 e. The van der Waals surface area contributed by atoms with Crippen LogP contribution in [0.25, 0.3) is 0 Å². The number of anilines is 1. The van der Waals surface area contributed by atoms with Crippen molar-refractivity contribution in [1.82, 2.24) is 10.2 Å². The van der Waals surface area contributed by atoms with Gasteiger partial charge in [-0.3, -0.25) is 4.79 Å². The van der Waals surface area contributed by atoms with Crippen LogP contribution in [0.15, 0.2) is 42.5 Å². The van der Waals surface area contributed by atoms with Gasteiger partial charge in [0.25, 0.3) is 5.91 Å². The van der Waals surface area contributed by atoms with Crippen molar-refractivity contribution in [2.75, 3.05) is 44.7 Å².